The minimum absolute atomic E-state index is 0.166. The molecule has 0 aromatic heterocycles. The van der Waals surface area contributed by atoms with Gasteiger partial charge in [0.1, 0.15) is 17.2 Å². The molecule has 1 fully saturated rings. The van der Waals surface area contributed by atoms with Crippen molar-refractivity contribution >= 4 is 0 Å². The fourth-order valence-corrected chi connectivity index (χ4v) is 3.32. The van der Waals surface area contributed by atoms with Crippen LogP contribution < -0.4 is 10.5 Å². The van der Waals surface area contributed by atoms with Gasteiger partial charge in [-0.05, 0) is 24.1 Å². The van der Waals surface area contributed by atoms with Crippen LogP contribution in [0.25, 0.3) is 0 Å². The van der Waals surface area contributed by atoms with E-state index in [1.54, 1.807) is 6.07 Å². The van der Waals surface area contributed by atoms with Gasteiger partial charge in [-0.25, -0.2) is 4.39 Å². The van der Waals surface area contributed by atoms with E-state index in [2.05, 4.69) is 13.8 Å². The smallest absolute Gasteiger partial charge is 0.125 e. The molecule has 2 heterocycles. The number of ether oxygens (including phenoxy) is 2. The average molecular weight is 279 g/mol. The van der Waals surface area contributed by atoms with Crippen LogP contribution in [0, 0.1) is 11.7 Å². The molecule has 0 bridgehead atoms. The van der Waals surface area contributed by atoms with Gasteiger partial charge in [-0.15, -0.1) is 0 Å². The van der Waals surface area contributed by atoms with E-state index >= 15 is 0 Å². The van der Waals surface area contributed by atoms with Crippen molar-refractivity contribution in [1.29, 1.82) is 0 Å². The SMILES string of the molecule is CC(C)C1CC2(CCO1)C[C@H](N)c1cc(F)ccc1O2. The number of hydrogen-bond acceptors (Lipinski definition) is 3. The predicted molar refractivity (Wildman–Crippen MR) is 75.1 cm³/mol. The van der Waals surface area contributed by atoms with Gasteiger partial charge in [-0.1, -0.05) is 13.8 Å². The summed E-state index contributed by atoms with van der Waals surface area (Å²) in [5.41, 5.74) is 6.78. The Bertz CT molecular complexity index is 505. The number of benzene rings is 1. The van der Waals surface area contributed by atoms with Crippen molar-refractivity contribution in [3.05, 3.63) is 29.6 Å². The standard InChI is InChI=1S/C16H22FNO2/c1-10(2)15-9-16(5-6-19-15)8-13(18)12-7-11(17)3-4-14(12)20-16/h3-4,7,10,13,15H,5-6,8-9,18H2,1-2H3/t13-,15?,16?/m0/s1. The molecule has 3 atom stereocenters. The van der Waals surface area contributed by atoms with Crippen LogP contribution in [-0.2, 0) is 4.74 Å². The van der Waals surface area contributed by atoms with Crippen LogP contribution in [0.4, 0.5) is 4.39 Å². The quantitative estimate of drug-likeness (QED) is 0.858. The van der Waals surface area contributed by atoms with Crippen molar-refractivity contribution in [2.45, 2.75) is 50.9 Å². The molecule has 1 aromatic carbocycles. The van der Waals surface area contributed by atoms with Gasteiger partial charge in [0.25, 0.3) is 0 Å². The molecule has 1 aromatic rings. The van der Waals surface area contributed by atoms with Gasteiger partial charge in [-0.3, -0.25) is 0 Å². The lowest BCUT2D eigenvalue weighted by Crippen LogP contribution is -2.50. The monoisotopic (exact) mass is 279 g/mol. The molecule has 110 valence electrons. The maximum absolute atomic E-state index is 13.3. The first kappa shape index (κ1) is 13.8. The van der Waals surface area contributed by atoms with E-state index in [-0.39, 0.29) is 23.6 Å². The second-order valence-electron chi connectivity index (χ2n) is 6.39. The summed E-state index contributed by atoms with van der Waals surface area (Å²) in [5, 5.41) is 0. The first-order valence-electron chi connectivity index (χ1n) is 7.35. The highest BCUT2D eigenvalue weighted by Gasteiger charge is 2.44. The molecule has 1 spiro atoms. The van der Waals surface area contributed by atoms with Crippen LogP contribution in [0.1, 0.15) is 44.7 Å². The number of halogens is 1. The van der Waals surface area contributed by atoms with Gasteiger partial charge < -0.3 is 15.2 Å². The highest BCUT2D eigenvalue weighted by molar-refractivity contribution is 5.39. The van der Waals surface area contributed by atoms with Gasteiger partial charge in [0.05, 0.1) is 12.7 Å². The molecular formula is C16H22FNO2. The Balaban J connectivity index is 1.88. The Morgan fingerprint density at radius 3 is 2.90 bits per heavy atom. The largest absolute Gasteiger partial charge is 0.487 e. The van der Waals surface area contributed by atoms with E-state index in [4.69, 9.17) is 15.2 Å². The average Bonchev–Trinajstić information content (AvgIpc) is 2.40. The Labute approximate surface area is 119 Å². The molecule has 2 N–H and O–H groups in total. The van der Waals surface area contributed by atoms with Crippen LogP contribution in [0.2, 0.25) is 0 Å². The fourth-order valence-electron chi connectivity index (χ4n) is 3.32. The first-order chi connectivity index (χ1) is 9.49. The van der Waals surface area contributed by atoms with E-state index in [1.165, 1.54) is 12.1 Å². The Morgan fingerprint density at radius 1 is 1.35 bits per heavy atom. The van der Waals surface area contributed by atoms with Gasteiger partial charge >= 0.3 is 0 Å². The molecule has 2 unspecified atom stereocenters. The zero-order valence-electron chi connectivity index (χ0n) is 12.1. The summed E-state index contributed by atoms with van der Waals surface area (Å²) in [7, 11) is 0. The molecule has 20 heavy (non-hydrogen) atoms. The summed E-state index contributed by atoms with van der Waals surface area (Å²) in [4.78, 5) is 0. The van der Waals surface area contributed by atoms with Crippen molar-refractivity contribution in [2.24, 2.45) is 11.7 Å². The maximum Gasteiger partial charge on any atom is 0.125 e. The number of hydrogen-bond donors (Lipinski definition) is 1. The molecule has 1 saturated heterocycles. The molecule has 4 heteroatoms. The lowest BCUT2D eigenvalue weighted by atomic mass is 9.78. The minimum Gasteiger partial charge on any atom is -0.487 e. The highest BCUT2D eigenvalue weighted by Crippen LogP contribution is 2.45. The van der Waals surface area contributed by atoms with Crippen LogP contribution in [0.3, 0.4) is 0 Å². The van der Waals surface area contributed by atoms with E-state index in [0.29, 0.717) is 12.5 Å². The molecule has 0 aliphatic carbocycles. The lowest BCUT2D eigenvalue weighted by Gasteiger charge is -2.46. The Kier molecular flexibility index (Phi) is 3.46. The second-order valence-corrected chi connectivity index (χ2v) is 6.39. The maximum atomic E-state index is 13.3. The summed E-state index contributed by atoms with van der Waals surface area (Å²) in [6.07, 6.45) is 2.64. The van der Waals surface area contributed by atoms with Crippen molar-refractivity contribution in [3.8, 4) is 5.75 Å². The van der Waals surface area contributed by atoms with E-state index in [1.807, 2.05) is 0 Å². The van der Waals surface area contributed by atoms with E-state index in [9.17, 15) is 4.39 Å². The zero-order valence-corrected chi connectivity index (χ0v) is 12.1. The molecular weight excluding hydrogens is 257 g/mol. The van der Waals surface area contributed by atoms with Crippen LogP contribution in [-0.4, -0.2) is 18.3 Å². The third kappa shape index (κ3) is 2.42. The van der Waals surface area contributed by atoms with E-state index < -0.39 is 0 Å². The molecule has 3 nitrogen and oxygen atoms in total. The minimum atomic E-state index is -0.259. The van der Waals surface area contributed by atoms with Gasteiger partial charge in [-0.2, -0.15) is 0 Å². The van der Waals surface area contributed by atoms with Crippen LogP contribution in [0.15, 0.2) is 18.2 Å². The highest BCUT2D eigenvalue weighted by atomic mass is 19.1. The molecule has 2 aliphatic heterocycles. The Hall–Kier alpha value is -1.13. The van der Waals surface area contributed by atoms with Crippen molar-refractivity contribution < 1.29 is 13.9 Å². The summed E-state index contributed by atoms with van der Waals surface area (Å²) in [6, 6.07) is 4.46. The predicted octanol–water partition coefficient (Wildman–Crippen LogP) is 3.18. The summed E-state index contributed by atoms with van der Waals surface area (Å²) < 4.78 is 25.4. The second kappa shape index (κ2) is 5.01. The van der Waals surface area contributed by atoms with E-state index in [0.717, 1.165) is 30.6 Å². The molecule has 2 aliphatic rings. The number of rotatable bonds is 1. The molecule has 0 radical (unpaired) electrons. The molecule has 0 saturated carbocycles. The fraction of sp³-hybridized carbons (Fsp3) is 0.625. The third-order valence-electron chi connectivity index (χ3n) is 4.50. The lowest BCUT2D eigenvalue weighted by molar-refractivity contribution is -0.115. The zero-order chi connectivity index (χ0) is 14.3. The Morgan fingerprint density at radius 2 is 2.15 bits per heavy atom. The first-order valence-corrected chi connectivity index (χ1v) is 7.35. The molecule has 3 rings (SSSR count). The normalized spacial score (nSPS) is 33.0. The van der Waals surface area contributed by atoms with Crippen LogP contribution >= 0.6 is 0 Å². The molecule has 0 amide bonds. The number of fused-ring (bicyclic) bond motifs is 1. The van der Waals surface area contributed by atoms with Gasteiger partial charge in [0, 0.05) is 30.9 Å². The van der Waals surface area contributed by atoms with Crippen molar-refractivity contribution in [3.63, 3.8) is 0 Å². The summed E-state index contributed by atoms with van der Waals surface area (Å²) in [6.45, 7) is 5.03. The van der Waals surface area contributed by atoms with Gasteiger partial charge in [0.15, 0.2) is 0 Å². The third-order valence-corrected chi connectivity index (χ3v) is 4.50. The number of nitrogens with two attached hydrogens (primary N) is 1. The summed E-state index contributed by atoms with van der Waals surface area (Å²) in [5.74, 6) is 0.932. The summed E-state index contributed by atoms with van der Waals surface area (Å²) >= 11 is 0. The van der Waals surface area contributed by atoms with Crippen molar-refractivity contribution in [1.82, 2.24) is 0 Å². The topological polar surface area (TPSA) is 44.5 Å². The van der Waals surface area contributed by atoms with Gasteiger partial charge in [0.2, 0.25) is 0 Å². The van der Waals surface area contributed by atoms with Crippen LogP contribution in [0.5, 0.6) is 5.75 Å². The van der Waals surface area contributed by atoms with Crippen molar-refractivity contribution in [2.75, 3.05) is 6.61 Å².